The minimum atomic E-state index is -4.68. The molecule has 2 aromatic heterocycles. The van der Waals surface area contributed by atoms with Crippen molar-refractivity contribution in [2.24, 2.45) is 11.3 Å². The number of H-pyrrole nitrogens is 1. The van der Waals surface area contributed by atoms with Crippen LogP contribution in [-0.2, 0) is 10.0 Å². The summed E-state index contributed by atoms with van der Waals surface area (Å²) in [5.74, 6) is -0.281. The molecule has 2 saturated heterocycles. The molecule has 5 aromatic rings. The third-order valence-corrected chi connectivity index (χ3v) is 16.4. The Morgan fingerprint density at radius 2 is 1.79 bits per heavy atom. The van der Waals surface area contributed by atoms with Crippen molar-refractivity contribution in [3.05, 3.63) is 106 Å². The second-order valence-corrected chi connectivity index (χ2v) is 21.5. The van der Waals surface area contributed by atoms with Gasteiger partial charge in [-0.05, 0) is 130 Å². The van der Waals surface area contributed by atoms with E-state index in [9.17, 15) is 28.4 Å². The van der Waals surface area contributed by atoms with Crippen molar-refractivity contribution in [3.8, 4) is 23.0 Å². The lowest BCUT2D eigenvalue weighted by atomic mass is 9.59. The number of piperidine rings is 1. The number of aromatic amines is 1. The van der Waals surface area contributed by atoms with Crippen molar-refractivity contribution in [2.75, 3.05) is 31.1 Å². The molecule has 66 heavy (non-hydrogen) atoms. The molecule has 16 heteroatoms. The summed E-state index contributed by atoms with van der Waals surface area (Å²) in [6.45, 7) is 9.21. The quantitative estimate of drug-likeness (QED) is 0.0843. The number of rotatable bonds is 11. The molecule has 2 aliphatic carbocycles. The fourth-order valence-electron chi connectivity index (χ4n) is 11.3. The third-order valence-electron chi connectivity index (χ3n) is 15.1. The molecule has 3 aromatic carbocycles. The van der Waals surface area contributed by atoms with Crippen molar-refractivity contribution in [2.45, 2.75) is 120 Å². The Labute approximate surface area is 385 Å². The number of hydrogen-bond acceptors (Lipinski definition) is 12. The van der Waals surface area contributed by atoms with Gasteiger partial charge in [0.05, 0.1) is 27.2 Å². The number of anilines is 1. The number of carbonyl (C=O) groups is 1. The second kappa shape index (κ2) is 17.2. The van der Waals surface area contributed by atoms with Crippen LogP contribution in [0.2, 0.25) is 0 Å². The number of carbonyl (C=O) groups excluding carboxylic acids is 1. The highest BCUT2D eigenvalue weighted by atomic mass is 32.2. The predicted molar refractivity (Wildman–Crippen MR) is 249 cm³/mol. The van der Waals surface area contributed by atoms with Gasteiger partial charge in [-0.2, -0.15) is 0 Å². The number of nitro benzene ring substituents is 1. The first kappa shape index (κ1) is 44.1. The van der Waals surface area contributed by atoms with Crippen LogP contribution in [0.3, 0.4) is 0 Å². The summed E-state index contributed by atoms with van der Waals surface area (Å²) >= 11 is 0. The Hall–Kier alpha value is -5.71. The number of aromatic nitrogens is 2. The van der Waals surface area contributed by atoms with Crippen molar-refractivity contribution in [1.82, 2.24) is 19.6 Å². The summed E-state index contributed by atoms with van der Waals surface area (Å²) < 4.78 is 48.4. The number of amides is 1. The van der Waals surface area contributed by atoms with Gasteiger partial charge >= 0.3 is 5.69 Å². The number of likely N-dealkylation sites (tertiary alicyclic amines) is 1. The van der Waals surface area contributed by atoms with E-state index in [1.807, 2.05) is 12.1 Å². The molecule has 2 saturated carbocycles. The van der Waals surface area contributed by atoms with Crippen LogP contribution in [0.1, 0.15) is 118 Å². The fraction of sp³-hybridized carbons (Fsp3) is 0.480. The minimum absolute atomic E-state index is 0.00166. The molecular formula is C50H58N6O9S. The Balaban J connectivity index is 0.855. The maximum Gasteiger partial charge on any atom is 0.316 e. The van der Waals surface area contributed by atoms with Crippen LogP contribution in [0.4, 0.5) is 11.4 Å². The standard InChI is InChI=1S/C50H58N6O9S/c1-31(2)38-7-4-5-8-39(38)41-9-6-20-55(41)35-27-50(28-35)17-21-54(22-18-50)34-10-11-40(43(24-34)64-36-23-33-14-19-51-47(33)52-29-36)48(57)53-66(61,62)37-25-42(56(59)60)46-44(26-37)63-30-45(65-46)32-12-15-49(3,58)16-13-32/h4-5,7-8,10-11,14,19,23-26,29,31-32,35,41,45,58H,6,9,12-13,15-18,20-22,27-28,30H2,1-3H3,(H,51,52)(H,53,57)/t32?,41-,45-,49?/m0/s1. The largest absolute Gasteiger partial charge is 0.485 e. The average molecular weight is 919 g/mol. The molecule has 5 heterocycles. The Morgan fingerprint density at radius 1 is 1.02 bits per heavy atom. The molecule has 0 bridgehead atoms. The second-order valence-electron chi connectivity index (χ2n) is 19.9. The molecule has 348 valence electrons. The van der Waals surface area contributed by atoms with Gasteiger partial charge in [0.1, 0.15) is 29.9 Å². The molecule has 2 atom stereocenters. The highest BCUT2D eigenvalue weighted by Crippen LogP contribution is 2.54. The molecular weight excluding hydrogens is 861 g/mol. The molecule has 4 fully saturated rings. The number of ether oxygens (including phenoxy) is 3. The molecule has 3 aliphatic heterocycles. The zero-order valence-electron chi connectivity index (χ0n) is 37.7. The smallest absolute Gasteiger partial charge is 0.316 e. The molecule has 3 N–H and O–H groups in total. The highest BCUT2D eigenvalue weighted by molar-refractivity contribution is 7.90. The van der Waals surface area contributed by atoms with Gasteiger partial charge in [0, 0.05) is 60.6 Å². The normalized spacial score (nSPS) is 24.4. The predicted octanol–water partition coefficient (Wildman–Crippen LogP) is 9.17. The first-order valence-electron chi connectivity index (χ1n) is 23.4. The van der Waals surface area contributed by atoms with Gasteiger partial charge in [-0.25, -0.2) is 18.1 Å². The van der Waals surface area contributed by atoms with E-state index in [0.29, 0.717) is 60.5 Å². The SMILES string of the molecule is CC(C)c1ccccc1[C@@H]1CCCN1C1CC2(CCN(c3ccc(C(=O)NS(=O)(=O)c4cc5c(c([N+](=O)[O-])c4)O[C@H](C4CCC(C)(O)CC4)CO5)c(Oc4cnc5[nH]ccc5c4)c3)CC2)C1. The number of nitrogens with one attached hydrogen (secondary N) is 2. The number of sulfonamides is 1. The number of nitrogens with zero attached hydrogens (tertiary/aromatic N) is 4. The minimum Gasteiger partial charge on any atom is -0.485 e. The van der Waals surface area contributed by atoms with Crippen LogP contribution >= 0.6 is 0 Å². The van der Waals surface area contributed by atoms with E-state index in [1.54, 1.807) is 31.3 Å². The van der Waals surface area contributed by atoms with E-state index < -0.39 is 43.1 Å². The van der Waals surface area contributed by atoms with E-state index in [0.717, 1.165) is 55.7 Å². The first-order valence-corrected chi connectivity index (χ1v) is 24.9. The van der Waals surface area contributed by atoms with Gasteiger partial charge in [0.2, 0.25) is 5.75 Å². The molecule has 5 aliphatic rings. The molecule has 0 unspecified atom stereocenters. The lowest BCUT2D eigenvalue weighted by molar-refractivity contribution is -0.386. The zero-order chi connectivity index (χ0) is 46.0. The maximum atomic E-state index is 14.1. The number of benzene rings is 3. The first-order chi connectivity index (χ1) is 31.6. The third kappa shape index (κ3) is 8.58. The van der Waals surface area contributed by atoms with Gasteiger partial charge in [-0.1, -0.05) is 38.1 Å². The van der Waals surface area contributed by atoms with E-state index in [1.165, 1.54) is 43.0 Å². The van der Waals surface area contributed by atoms with Crippen molar-refractivity contribution >= 4 is 38.3 Å². The average Bonchev–Trinajstić information content (AvgIpc) is 3.98. The summed E-state index contributed by atoms with van der Waals surface area (Å²) in [4.78, 5) is 37.8. The van der Waals surface area contributed by atoms with Gasteiger partial charge in [0.25, 0.3) is 15.9 Å². The number of pyridine rings is 1. The van der Waals surface area contributed by atoms with Crippen LogP contribution in [-0.4, -0.2) is 83.2 Å². The zero-order valence-corrected chi connectivity index (χ0v) is 38.5. The monoisotopic (exact) mass is 918 g/mol. The lowest BCUT2D eigenvalue weighted by Gasteiger charge is -2.56. The van der Waals surface area contributed by atoms with Crippen LogP contribution in [0.15, 0.2) is 84.0 Å². The molecule has 1 spiro atoms. The topological polar surface area (TPSA) is 189 Å². The Bertz CT molecular complexity index is 2770. The lowest BCUT2D eigenvalue weighted by Crippen LogP contribution is -2.54. The van der Waals surface area contributed by atoms with E-state index in [-0.39, 0.29) is 35.3 Å². The highest BCUT2D eigenvalue weighted by Gasteiger charge is 2.50. The van der Waals surface area contributed by atoms with Gasteiger partial charge in [0.15, 0.2) is 5.75 Å². The molecule has 0 radical (unpaired) electrons. The van der Waals surface area contributed by atoms with Crippen molar-refractivity contribution in [1.29, 1.82) is 0 Å². The number of nitro groups is 1. The number of aliphatic hydroxyl groups is 1. The van der Waals surface area contributed by atoms with Crippen LogP contribution in [0.25, 0.3) is 11.0 Å². The van der Waals surface area contributed by atoms with Crippen LogP contribution in [0, 0.1) is 21.4 Å². The Kier molecular flexibility index (Phi) is 11.5. The summed E-state index contributed by atoms with van der Waals surface area (Å²) in [5, 5.41) is 23.6. The van der Waals surface area contributed by atoms with Gasteiger partial charge in [-0.15, -0.1) is 0 Å². The summed E-state index contributed by atoms with van der Waals surface area (Å²) in [6.07, 6.45) is 12.1. The number of fused-ring (bicyclic) bond motifs is 2. The van der Waals surface area contributed by atoms with E-state index in [2.05, 4.69) is 62.6 Å². The van der Waals surface area contributed by atoms with Gasteiger partial charge in [-0.3, -0.25) is 19.8 Å². The number of hydrogen-bond donors (Lipinski definition) is 3. The maximum absolute atomic E-state index is 14.1. The van der Waals surface area contributed by atoms with Gasteiger partial charge < -0.3 is 29.2 Å². The Morgan fingerprint density at radius 3 is 2.55 bits per heavy atom. The fourth-order valence-corrected chi connectivity index (χ4v) is 12.3. The van der Waals surface area contributed by atoms with E-state index in [4.69, 9.17) is 14.2 Å². The summed E-state index contributed by atoms with van der Waals surface area (Å²) in [5.41, 5.74) is 3.33. The molecule has 15 nitrogen and oxygen atoms in total. The summed E-state index contributed by atoms with van der Waals surface area (Å²) in [6, 6.07) is 20.8. The molecule has 10 rings (SSSR count). The van der Waals surface area contributed by atoms with Crippen molar-refractivity contribution < 1.29 is 37.5 Å². The van der Waals surface area contributed by atoms with Crippen molar-refractivity contribution in [3.63, 3.8) is 0 Å². The van der Waals surface area contributed by atoms with Crippen LogP contribution in [0.5, 0.6) is 23.0 Å². The van der Waals surface area contributed by atoms with Crippen LogP contribution < -0.4 is 23.8 Å². The summed E-state index contributed by atoms with van der Waals surface area (Å²) in [7, 11) is -4.68. The van der Waals surface area contributed by atoms with E-state index >= 15 is 0 Å². The molecule has 1 amide bonds.